The minimum absolute atomic E-state index is 0.0636. The fourth-order valence-corrected chi connectivity index (χ4v) is 3.21. The molecule has 0 fully saturated rings. The fraction of sp³-hybridized carbons (Fsp3) is 0.190. The third-order valence-corrected chi connectivity index (χ3v) is 5.48. The first-order valence-corrected chi connectivity index (χ1v) is 10.2. The SMILES string of the molecule is Cc1c(C(=O)ON=C(N)C(C)C)nn(-c2cccc(Cl)c2Cl)c1-c1ccc(Cl)cc1. The number of carbonyl (C=O) groups excluding carboxylic acids is 1. The highest BCUT2D eigenvalue weighted by Crippen LogP contribution is 2.34. The van der Waals surface area contributed by atoms with Crippen molar-refractivity contribution in [1.29, 1.82) is 0 Å². The van der Waals surface area contributed by atoms with Gasteiger partial charge in [-0.1, -0.05) is 72.0 Å². The largest absolute Gasteiger partial charge is 0.386 e. The van der Waals surface area contributed by atoms with Gasteiger partial charge in [-0.2, -0.15) is 5.10 Å². The van der Waals surface area contributed by atoms with E-state index in [2.05, 4.69) is 10.3 Å². The zero-order valence-corrected chi connectivity index (χ0v) is 18.8. The Kier molecular flexibility index (Phi) is 6.71. The van der Waals surface area contributed by atoms with Gasteiger partial charge in [0.2, 0.25) is 0 Å². The second kappa shape index (κ2) is 9.08. The third-order valence-electron chi connectivity index (χ3n) is 4.42. The molecule has 3 rings (SSSR count). The van der Waals surface area contributed by atoms with Gasteiger partial charge in [-0.05, 0) is 31.2 Å². The van der Waals surface area contributed by atoms with Crippen LogP contribution in [0.15, 0.2) is 47.6 Å². The molecule has 2 N–H and O–H groups in total. The normalized spacial score (nSPS) is 11.8. The summed E-state index contributed by atoms with van der Waals surface area (Å²) in [7, 11) is 0. The Balaban J connectivity index is 2.17. The van der Waals surface area contributed by atoms with Crippen molar-refractivity contribution in [3.05, 3.63) is 68.8 Å². The Bertz CT molecular complexity index is 1120. The van der Waals surface area contributed by atoms with Gasteiger partial charge in [0, 0.05) is 22.1 Å². The Morgan fingerprint density at radius 1 is 1.13 bits per heavy atom. The molecule has 6 nitrogen and oxygen atoms in total. The van der Waals surface area contributed by atoms with Crippen LogP contribution < -0.4 is 5.73 Å². The smallest absolute Gasteiger partial charge is 0.384 e. The number of hydrogen-bond acceptors (Lipinski definition) is 4. The number of benzene rings is 2. The Morgan fingerprint density at radius 2 is 1.80 bits per heavy atom. The van der Waals surface area contributed by atoms with Crippen LogP contribution in [0.25, 0.3) is 16.9 Å². The van der Waals surface area contributed by atoms with Crippen molar-refractivity contribution in [1.82, 2.24) is 9.78 Å². The molecule has 0 unspecified atom stereocenters. The second-order valence-corrected chi connectivity index (χ2v) is 8.09. The van der Waals surface area contributed by atoms with Gasteiger partial charge in [0.25, 0.3) is 0 Å². The molecule has 0 spiro atoms. The third kappa shape index (κ3) is 4.46. The molecular weight excluding hydrogens is 447 g/mol. The molecule has 0 aliphatic carbocycles. The van der Waals surface area contributed by atoms with Gasteiger partial charge in [-0.15, -0.1) is 0 Å². The second-order valence-electron chi connectivity index (χ2n) is 6.86. The molecular formula is C21H19Cl3N4O2. The lowest BCUT2D eigenvalue weighted by atomic mass is 10.1. The van der Waals surface area contributed by atoms with Gasteiger partial charge in [-0.3, -0.25) is 0 Å². The molecule has 0 saturated carbocycles. The van der Waals surface area contributed by atoms with Crippen molar-refractivity contribution in [2.75, 3.05) is 0 Å². The number of hydrogen-bond donors (Lipinski definition) is 1. The Labute approximate surface area is 189 Å². The molecule has 1 heterocycles. The number of rotatable bonds is 5. The highest BCUT2D eigenvalue weighted by Gasteiger charge is 2.25. The van der Waals surface area contributed by atoms with Crippen LogP contribution in [0.5, 0.6) is 0 Å². The van der Waals surface area contributed by atoms with E-state index in [0.717, 1.165) is 5.56 Å². The first kappa shape index (κ1) is 22.2. The lowest BCUT2D eigenvalue weighted by Crippen LogP contribution is -2.20. The summed E-state index contributed by atoms with van der Waals surface area (Å²) < 4.78 is 1.55. The maximum atomic E-state index is 12.7. The number of nitrogens with two attached hydrogens (primary N) is 1. The molecule has 0 saturated heterocycles. The van der Waals surface area contributed by atoms with Crippen molar-refractivity contribution in [2.45, 2.75) is 20.8 Å². The predicted molar refractivity (Wildman–Crippen MR) is 121 cm³/mol. The molecule has 0 atom stereocenters. The van der Waals surface area contributed by atoms with E-state index in [1.54, 1.807) is 41.9 Å². The van der Waals surface area contributed by atoms with Crippen molar-refractivity contribution in [2.24, 2.45) is 16.8 Å². The molecule has 156 valence electrons. The first-order valence-electron chi connectivity index (χ1n) is 9.05. The molecule has 0 amide bonds. The maximum absolute atomic E-state index is 12.7. The lowest BCUT2D eigenvalue weighted by molar-refractivity contribution is 0.0505. The number of amidine groups is 1. The van der Waals surface area contributed by atoms with E-state index in [0.29, 0.717) is 32.0 Å². The van der Waals surface area contributed by atoms with E-state index < -0.39 is 5.97 Å². The van der Waals surface area contributed by atoms with Gasteiger partial charge < -0.3 is 10.6 Å². The first-order chi connectivity index (χ1) is 14.2. The molecule has 0 radical (unpaired) electrons. The minimum atomic E-state index is -0.733. The van der Waals surface area contributed by atoms with E-state index in [4.69, 9.17) is 45.4 Å². The van der Waals surface area contributed by atoms with Crippen LogP contribution in [0, 0.1) is 12.8 Å². The van der Waals surface area contributed by atoms with Crippen molar-refractivity contribution >= 4 is 46.6 Å². The minimum Gasteiger partial charge on any atom is -0.384 e. The average molecular weight is 466 g/mol. The zero-order valence-electron chi connectivity index (χ0n) is 16.5. The van der Waals surface area contributed by atoms with E-state index in [9.17, 15) is 4.79 Å². The van der Waals surface area contributed by atoms with Gasteiger partial charge in [0.15, 0.2) is 5.69 Å². The highest BCUT2D eigenvalue weighted by atomic mass is 35.5. The van der Waals surface area contributed by atoms with Crippen LogP contribution in [0.3, 0.4) is 0 Å². The van der Waals surface area contributed by atoms with Gasteiger partial charge in [0.05, 0.1) is 21.4 Å². The van der Waals surface area contributed by atoms with E-state index in [1.807, 2.05) is 26.0 Å². The number of nitrogens with zero attached hydrogens (tertiary/aromatic N) is 3. The fourth-order valence-electron chi connectivity index (χ4n) is 2.71. The van der Waals surface area contributed by atoms with Crippen molar-refractivity contribution in [3.8, 4) is 16.9 Å². The molecule has 30 heavy (non-hydrogen) atoms. The van der Waals surface area contributed by atoms with Gasteiger partial charge >= 0.3 is 5.97 Å². The van der Waals surface area contributed by atoms with Gasteiger partial charge in [0.1, 0.15) is 5.84 Å². The molecule has 0 aliphatic heterocycles. The van der Waals surface area contributed by atoms with Crippen LogP contribution in [0.1, 0.15) is 29.9 Å². The molecule has 0 bridgehead atoms. The highest BCUT2D eigenvalue weighted by molar-refractivity contribution is 6.43. The monoisotopic (exact) mass is 464 g/mol. The predicted octanol–water partition coefficient (Wildman–Crippen LogP) is 5.89. The van der Waals surface area contributed by atoms with E-state index >= 15 is 0 Å². The summed E-state index contributed by atoms with van der Waals surface area (Å²) in [6.45, 7) is 5.44. The summed E-state index contributed by atoms with van der Waals surface area (Å²) in [5, 5.41) is 9.41. The number of halogens is 3. The average Bonchev–Trinajstić information content (AvgIpc) is 3.05. The van der Waals surface area contributed by atoms with E-state index in [1.165, 1.54) is 0 Å². The maximum Gasteiger partial charge on any atom is 0.386 e. The summed E-state index contributed by atoms with van der Waals surface area (Å²) in [6.07, 6.45) is 0. The Morgan fingerprint density at radius 3 is 2.43 bits per heavy atom. The van der Waals surface area contributed by atoms with Crippen LogP contribution >= 0.6 is 34.8 Å². The summed E-state index contributed by atoms with van der Waals surface area (Å²) in [6, 6.07) is 12.3. The Hall–Kier alpha value is -2.54. The van der Waals surface area contributed by atoms with Gasteiger partial charge in [-0.25, -0.2) is 9.48 Å². The number of oxime groups is 1. The molecule has 9 heteroatoms. The van der Waals surface area contributed by atoms with Crippen LogP contribution in [-0.4, -0.2) is 21.6 Å². The molecule has 0 aliphatic rings. The zero-order chi connectivity index (χ0) is 22.0. The molecule has 2 aromatic carbocycles. The number of aromatic nitrogens is 2. The quantitative estimate of drug-likeness (QED) is 0.220. The summed E-state index contributed by atoms with van der Waals surface area (Å²) >= 11 is 18.6. The molecule has 3 aromatic rings. The summed E-state index contributed by atoms with van der Waals surface area (Å²) in [4.78, 5) is 17.7. The van der Waals surface area contributed by atoms with Crippen LogP contribution in [0.4, 0.5) is 0 Å². The van der Waals surface area contributed by atoms with Crippen molar-refractivity contribution < 1.29 is 9.63 Å². The van der Waals surface area contributed by atoms with E-state index in [-0.39, 0.29) is 17.4 Å². The molecule has 1 aromatic heterocycles. The van der Waals surface area contributed by atoms with Crippen molar-refractivity contribution in [3.63, 3.8) is 0 Å². The topological polar surface area (TPSA) is 82.5 Å². The van der Waals surface area contributed by atoms with Crippen LogP contribution in [-0.2, 0) is 4.84 Å². The standard InChI is InChI=1S/C21H19Cl3N4O2/c1-11(2)20(25)27-30-21(29)18-12(3)19(13-7-9-14(22)10-8-13)28(26-18)16-6-4-5-15(23)17(16)24/h4-11H,1-3H3,(H2,25,27). The lowest BCUT2D eigenvalue weighted by Gasteiger charge is -2.11. The summed E-state index contributed by atoms with van der Waals surface area (Å²) in [5.41, 5.74) is 8.35. The van der Waals surface area contributed by atoms with Crippen LogP contribution in [0.2, 0.25) is 15.1 Å². The number of carbonyl (C=O) groups is 1. The summed E-state index contributed by atoms with van der Waals surface area (Å²) in [5.74, 6) is -0.592.